The molecular weight excluding hydrogens is 552 g/mol. The van der Waals surface area contributed by atoms with Crippen LogP contribution in [0.4, 0.5) is 0 Å². The molecule has 0 atom stereocenters. The number of fused-ring (bicyclic) bond motifs is 6. The van der Waals surface area contributed by atoms with Crippen molar-refractivity contribution in [3.05, 3.63) is 97.6 Å². The quantitative estimate of drug-likeness (QED) is 0.194. The van der Waals surface area contributed by atoms with Crippen LogP contribution in [0.1, 0.15) is 0 Å². The second-order valence-corrected chi connectivity index (χ2v) is 7.57. The van der Waals surface area contributed by atoms with Crippen molar-refractivity contribution < 1.29 is 51.3 Å². The molecule has 10 heteroatoms. The van der Waals surface area contributed by atoms with Crippen LogP contribution in [0.2, 0.25) is 0 Å². The summed E-state index contributed by atoms with van der Waals surface area (Å²) in [5, 5.41) is 4.55. The number of nitrogens with zero attached hydrogens (tertiary/aromatic N) is 4. The maximum absolute atomic E-state index is 8.49. The molecular formula is C24H16AgClN4O4. The molecule has 0 radical (unpaired) electrons. The van der Waals surface area contributed by atoms with Crippen molar-refractivity contribution in [2.75, 3.05) is 0 Å². The minimum atomic E-state index is -4.94. The summed E-state index contributed by atoms with van der Waals surface area (Å²) in [6.45, 7) is 0. The molecule has 0 unspecified atom stereocenters. The van der Waals surface area contributed by atoms with Gasteiger partial charge >= 0.3 is 22.4 Å². The van der Waals surface area contributed by atoms with Crippen molar-refractivity contribution >= 4 is 43.6 Å². The topological polar surface area (TPSA) is 144 Å². The first-order valence-corrected chi connectivity index (χ1v) is 10.9. The van der Waals surface area contributed by atoms with Crippen LogP contribution in [0, 0.1) is 10.2 Å². The van der Waals surface area contributed by atoms with Crippen molar-refractivity contribution in [3.8, 4) is 0 Å². The fourth-order valence-electron chi connectivity index (χ4n) is 3.36. The third-order valence-electron chi connectivity index (χ3n) is 4.69. The minimum Gasteiger partial charge on any atom is -0.254 e. The predicted molar refractivity (Wildman–Crippen MR) is 114 cm³/mol. The molecule has 34 heavy (non-hydrogen) atoms. The van der Waals surface area contributed by atoms with E-state index in [2.05, 4.69) is 68.5 Å². The van der Waals surface area contributed by atoms with E-state index in [1.807, 2.05) is 24.3 Å². The summed E-state index contributed by atoms with van der Waals surface area (Å²) in [6, 6.07) is 24.3. The molecule has 6 rings (SSSR count). The molecule has 0 aliphatic carbocycles. The van der Waals surface area contributed by atoms with Crippen molar-refractivity contribution in [1.82, 2.24) is 19.9 Å². The van der Waals surface area contributed by atoms with Gasteiger partial charge in [0.1, 0.15) is 0 Å². The predicted octanol–water partition coefficient (Wildman–Crippen LogP) is 0.808. The molecule has 0 bridgehead atoms. The summed E-state index contributed by atoms with van der Waals surface area (Å²) in [5.41, 5.74) is 3.91. The van der Waals surface area contributed by atoms with Crippen molar-refractivity contribution in [2.45, 2.75) is 0 Å². The summed E-state index contributed by atoms with van der Waals surface area (Å²) < 4.78 is 34.0. The molecule has 174 valence electrons. The van der Waals surface area contributed by atoms with Crippen LogP contribution < -0.4 is 18.6 Å². The number of halogens is 1. The molecule has 0 saturated heterocycles. The molecule has 4 aromatic heterocycles. The van der Waals surface area contributed by atoms with Gasteiger partial charge in [-0.2, -0.15) is 0 Å². The zero-order valence-electron chi connectivity index (χ0n) is 17.3. The second-order valence-electron chi connectivity index (χ2n) is 6.81. The maximum atomic E-state index is 8.49. The van der Waals surface area contributed by atoms with E-state index in [0.717, 1.165) is 43.6 Å². The second kappa shape index (κ2) is 11.4. The van der Waals surface area contributed by atoms with Gasteiger partial charge in [0.05, 0.1) is 22.1 Å². The summed E-state index contributed by atoms with van der Waals surface area (Å²) in [4.78, 5) is 17.4. The maximum Gasteiger partial charge on any atom is 1.00 e. The van der Waals surface area contributed by atoms with Gasteiger partial charge in [0.15, 0.2) is 0 Å². The van der Waals surface area contributed by atoms with Crippen molar-refractivity contribution in [2.24, 2.45) is 0 Å². The minimum absolute atomic E-state index is 0. The Morgan fingerprint density at radius 1 is 0.412 bits per heavy atom. The Bertz CT molecular complexity index is 1320. The van der Waals surface area contributed by atoms with E-state index in [9.17, 15) is 0 Å². The molecule has 0 N–H and O–H groups in total. The molecule has 0 amide bonds. The smallest absolute Gasteiger partial charge is 0.254 e. The van der Waals surface area contributed by atoms with Crippen LogP contribution in [0.15, 0.2) is 97.6 Å². The van der Waals surface area contributed by atoms with E-state index in [0.29, 0.717) is 0 Å². The molecule has 0 aliphatic rings. The fraction of sp³-hybridized carbons (Fsp3) is 0. The molecule has 0 spiro atoms. The van der Waals surface area contributed by atoms with E-state index in [4.69, 9.17) is 18.6 Å². The van der Waals surface area contributed by atoms with E-state index in [1.165, 1.54) is 0 Å². The summed E-state index contributed by atoms with van der Waals surface area (Å²) in [6.07, 6.45) is 7.21. The van der Waals surface area contributed by atoms with Gasteiger partial charge in [0.25, 0.3) is 0 Å². The molecule has 0 aliphatic heterocycles. The van der Waals surface area contributed by atoms with Gasteiger partial charge in [0.2, 0.25) is 0 Å². The number of benzene rings is 2. The van der Waals surface area contributed by atoms with Crippen molar-refractivity contribution in [3.63, 3.8) is 0 Å². The summed E-state index contributed by atoms with van der Waals surface area (Å²) in [5.74, 6) is 0. The van der Waals surface area contributed by atoms with E-state index < -0.39 is 10.2 Å². The first kappa shape index (κ1) is 25.6. The average Bonchev–Trinajstić information content (AvgIpc) is 2.83. The first-order valence-electron chi connectivity index (χ1n) is 9.69. The molecule has 0 fully saturated rings. The first-order chi connectivity index (χ1) is 15.9. The molecule has 2 aromatic carbocycles. The van der Waals surface area contributed by atoms with Gasteiger partial charge in [-0.25, -0.2) is 18.6 Å². The van der Waals surface area contributed by atoms with Gasteiger partial charge in [-0.05, 0) is 24.3 Å². The Balaban J connectivity index is 0.000000156. The van der Waals surface area contributed by atoms with Crippen molar-refractivity contribution in [1.29, 1.82) is 0 Å². The van der Waals surface area contributed by atoms with Gasteiger partial charge < -0.3 is 0 Å². The van der Waals surface area contributed by atoms with Crippen LogP contribution in [0.3, 0.4) is 0 Å². The normalized spacial score (nSPS) is 10.7. The molecule has 0 saturated carbocycles. The van der Waals surface area contributed by atoms with Crippen LogP contribution in [-0.2, 0) is 22.4 Å². The third kappa shape index (κ3) is 6.51. The largest absolute Gasteiger partial charge is 1.00 e. The van der Waals surface area contributed by atoms with E-state index in [-0.39, 0.29) is 22.4 Å². The van der Waals surface area contributed by atoms with Gasteiger partial charge in [0, 0.05) is 46.3 Å². The Morgan fingerprint density at radius 3 is 0.824 bits per heavy atom. The zero-order chi connectivity index (χ0) is 23.3. The van der Waals surface area contributed by atoms with E-state index >= 15 is 0 Å². The van der Waals surface area contributed by atoms with Crippen LogP contribution in [0.5, 0.6) is 0 Å². The average molecular weight is 568 g/mol. The SMILES string of the molecule is [Ag+].[O-][Cl+3]([O-])([O-])[O-].c1cnc2c(c1)ccc1cccnc12.c1cnc2c(c1)ccc1cccnc12. The van der Waals surface area contributed by atoms with Gasteiger partial charge in [-0.3, -0.25) is 19.9 Å². The number of aromatic nitrogens is 4. The third-order valence-corrected chi connectivity index (χ3v) is 4.69. The monoisotopic (exact) mass is 566 g/mol. The zero-order valence-corrected chi connectivity index (χ0v) is 19.6. The van der Waals surface area contributed by atoms with Crippen LogP contribution in [0.25, 0.3) is 43.6 Å². The Morgan fingerprint density at radius 2 is 0.618 bits per heavy atom. The summed E-state index contributed by atoms with van der Waals surface area (Å²) in [7, 11) is -4.94. The number of rotatable bonds is 0. The fourth-order valence-corrected chi connectivity index (χ4v) is 3.36. The summed E-state index contributed by atoms with van der Waals surface area (Å²) >= 11 is 0. The number of pyridine rings is 4. The number of hydrogen-bond acceptors (Lipinski definition) is 8. The standard InChI is InChI=1S/2C12H8N2.Ag.ClHO4/c2*1-3-9-5-6-10-4-2-8-14-12(10)11(9)13-7-1;;2-1(3,4)5/h2*1-8H;;(H,2,3,4,5)/q;;+1;/p-1. The Hall–Kier alpha value is -3.05. The van der Waals surface area contributed by atoms with Crippen LogP contribution >= 0.6 is 0 Å². The molecule has 6 aromatic rings. The Kier molecular flexibility index (Phi) is 8.56. The van der Waals surface area contributed by atoms with E-state index in [1.54, 1.807) is 24.8 Å². The van der Waals surface area contributed by atoms with Gasteiger partial charge in [-0.15, -0.1) is 10.2 Å². The Labute approximate surface area is 211 Å². The molecule has 8 nitrogen and oxygen atoms in total. The number of hydrogen-bond donors (Lipinski definition) is 0. The van der Waals surface area contributed by atoms with Gasteiger partial charge in [-0.1, -0.05) is 48.5 Å². The molecule has 4 heterocycles. The van der Waals surface area contributed by atoms with Crippen LogP contribution in [-0.4, -0.2) is 19.9 Å².